The number of hydrogen-bond acceptors (Lipinski definition) is 3. The molecule has 0 bridgehead atoms. The molecule has 0 aliphatic heterocycles. The number of rotatable bonds is 6. The van der Waals surface area contributed by atoms with E-state index in [1.807, 2.05) is 37.3 Å². The second kappa shape index (κ2) is 7.29. The average molecular weight is 281 g/mol. The van der Waals surface area contributed by atoms with Crippen LogP contribution in [0, 0.1) is 0 Å². The molecule has 0 radical (unpaired) electrons. The van der Waals surface area contributed by atoms with E-state index in [1.165, 1.54) is 5.56 Å². The van der Waals surface area contributed by atoms with Crippen molar-refractivity contribution in [1.29, 1.82) is 0 Å². The molecule has 3 heteroatoms. The molecule has 0 saturated heterocycles. The SMILES string of the molecule is COc1ccc(C(=O)C=C(C)NCc2ccccc2)cc1. The molecule has 0 heterocycles. The standard InChI is InChI=1S/C18H19NO2/c1-14(19-13-15-6-4-3-5-7-15)12-18(20)16-8-10-17(21-2)11-9-16/h3-12,19H,13H2,1-2H3. The van der Waals surface area contributed by atoms with Gasteiger partial charge in [-0.15, -0.1) is 0 Å². The van der Waals surface area contributed by atoms with Crippen LogP contribution >= 0.6 is 0 Å². The third kappa shape index (κ3) is 4.49. The highest BCUT2D eigenvalue weighted by atomic mass is 16.5. The molecule has 2 rings (SSSR count). The normalized spacial score (nSPS) is 11.0. The van der Waals surface area contributed by atoms with Crippen molar-refractivity contribution in [1.82, 2.24) is 5.32 Å². The summed E-state index contributed by atoms with van der Waals surface area (Å²) in [5, 5.41) is 3.24. The topological polar surface area (TPSA) is 38.3 Å². The second-order valence-corrected chi connectivity index (χ2v) is 4.76. The smallest absolute Gasteiger partial charge is 0.187 e. The van der Waals surface area contributed by atoms with Crippen molar-refractivity contribution >= 4 is 5.78 Å². The van der Waals surface area contributed by atoms with Crippen LogP contribution in [0.3, 0.4) is 0 Å². The summed E-state index contributed by atoms with van der Waals surface area (Å²) in [6, 6.07) is 17.2. The minimum absolute atomic E-state index is 0.0179. The molecule has 2 aromatic rings. The van der Waals surface area contributed by atoms with E-state index in [1.54, 1.807) is 37.5 Å². The predicted octanol–water partition coefficient (Wildman–Crippen LogP) is 3.57. The molecule has 0 unspecified atom stereocenters. The van der Waals surface area contributed by atoms with Crippen LogP contribution < -0.4 is 10.1 Å². The van der Waals surface area contributed by atoms with Gasteiger partial charge in [0.2, 0.25) is 0 Å². The molecular weight excluding hydrogens is 262 g/mol. The number of carbonyl (C=O) groups excluding carboxylic acids is 1. The Morgan fingerprint density at radius 1 is 1.10 bits per heavy atom. The Bertz CT molecular complexity index is 615. The fraction of sp³-hybridized carbons (Fsp3) is 0.167. The molecule has 3 nitrogen and oxygen atoms in total. The molecule has 2 aromatic carbocycles. The number of carbonyl (C=O) groups is 1. The molecule has 0 aliphatic rings. The van der Waals surface area contributed by atoms with Gasteiger partial charge in [-0.1, -0.05) is 30.3 Å². The van der Waals surface area contributed by atoms with E-state index < -0.39 is 0 Å². The largest absolute Gasteiger partial charge is 0.497 e. The third-order valence-corrected chi connectivity index (χ3v) is 3.14. The fourth-order valence-electron chi connectivity index (χ4n) is 1.92. The van der Waals surface area contributed by atoms with Crippen molar-refractivity contribution in [3.63, 3.8) is 0 Å². The highest BCUT2D eigenvalue weighted by molar-refractivity contribution is 6.04. The molecule has 0 aromatic heterocycles. The first-order chi connectivity index (χ1) is 10.2. The zero-order chi connectivity index (χ0) is 15.1. The highest BCUT2D eigenvalue weighted by Crippen LogP contribution is 2.12. The fourth-order valence-corrected chi connectivity index (χ4v) is 1.92. The van der Waals surface area contributed by atoms with Crippen LogP contribution in [0.2, 0.25) is 0 Å². The van der Waals surface area contributed by atoms with Gasteiger partial charge in [-0.05, 0) is 36.8 Å². The van der Waals surface area contributed by atoms with Crippen molar-refractivity contribution in [3.05, 3.63) is 77.5 Å². The van der Waals surface area contributed by atoms with Gasteiger partial charge in [0.25, 0.3) is 0 Å². The van der Waals surface area contributed by atoms with Crippen molar-refractivity contribution in [2.45, 2.75) is 13.5 Å². The van der Waals surface area contributed by atoms with Crippen LogP contribution in [-0.4, -0.2) is 12.9 Å². The summed E-state index contributed by atoms with van der Waals surface area (Å²) in [6.45, 7) is 2.60. The van der Waals surface area contributed by atoms with Gasteiger partial charge in [0, 0.05) is 23.9 Å². The monoisotopic (exact) mass is 281 g/mol. The van der Waals surface area contributed by atoms with Crippen molar-refractivity contribution in [3.8, 4) is 5.75 Å². The minimum Gasteiger partial charge on any atom is -0.497 e. The number of nitrogens with one attached hydrogen (secondary N) is 1. The molecule has 0 fully saturated rings. The lowest BCUT2D eigenvalue weighted by atomic mass is 10.1. The molecule has 0 atom stereocenters. The summed E-state index contributed by atoms with van der Waals surface area (Å²) in [5.41, 5.74) is 2.68. The van der Waals surface area contributed by atoms with Gasteiger partial charge in [0.1, 0.15) is 5.75 Å². The van der Waals surface area contributed by atoms with Crippen molar-refractivity contribution in [2.24, 2.45) is 0 Å². The lowest BCUT2D eigenvalue weighted by Crippen LogP contribution is -2.12. The first-order valence-electron chi connectivity index (χ1n) is 6.83. The summed E-state index contributed by atoms with van der Waals surface area (Å²) in [7, 11) is 1.61. The van der Waals surface area contributed by atoms with Crippen LogP contribution in [-0.2, 0) is 6.54 Å². The summed E-state index contributed by atoms with van der Waals surface area (Å²) < 4.78 is 5.08. The van der Waals surface area contributed by atoms with E-state index in [4.69, 9.17) is 4.74 Å². The van der Waals surface area contributed by atoms with Gasteiger partial charge >= 0.3 is 0 Å². The molecule has 21 heavy (non-hydrogen) atoms. The number of methoxy groups -OCH3 is 1. The van der Waals surface area contributed by atoms with Gasteiger partial charge in [-0.3, -0.25) is 4.79 Å². The van der Waals surface area contributed by atoms with Crippen molar-refractivity contribution in [2.75, 3.05) is 7.11 Å². The maximum absolute atomic E-state index is 12.1. The first kappa shape index (κ1) is 14.9. The van der Waals surface area contributed by atoms with E-state index in [0.717, 1.165) is 11.4 Å². The zero-order valence-electron chi connectivity index (χ0n) is 12.3. The van der Waals surface area contributed by atoms with E-state index in [0.29, 0.717) is 12.1 Å². The Balaban J connectivity index is 1.95. The Labute approximate surface area is 125 Å². The molecule has 1 N–H and O–H groups in total. The quantitative estimate of drug-likeness (QED) is 0.650. The predicted molar refractivity (Wildman–Crippen MR) is 84.4 cm³/mol. The van der Waals surface area contributed by atoms with Gasteiger partial charge in [0.05, 0.1) is 7.11 Å². The van der Waals surface area contributed by atoms with Crippen LogP contribution in [0.5, 0.6) is 5.75 Å². The Morgan fingerprint density at radius 3 is 2.38 bits per heavy atom. The van der Waals surface area contributed by atoms with E-state index in [-0.39, 0.29) is 5.78 Å². The van der Waals surface area contributed by atoms with Gasteiger partial charge in [-0.2, -0.15) is 0 Å². The minimum atomic E-state index is -0.0179. The summed E-state index contributed by atoms with van der Waals surface area (Å²) >= 11 is 0. The Hall–Kier alpha value is -2.55. The van der Waals surface area contributed by atoms with Crippen LogP contribution in [0.1, 0.15) is 22.8 Å². The second-order valence-electron chi connectivity index (χ2n) is 4.76. The molecule has 108 valence electrons. The third-order valence-electron chi connectivity index (χ3n) is 3.14. The van der Waals surface area contributed by atoms with Gasteiger partial charge in [-0.25, -0.2) is 0 Å². The molecule has 0 aliphatic carbocycles. The molecule has 0 spiro atoms. The first-order valence-corrected chi connectivity index (χ1v) is 6.83. The lowest BCUT2D eigenvalue weighted by molar-refractivity contribution is 0.104. The highest BCUT2D eigenvalue weighted by Gasteiger charge is 2.03. The number of allylic oxidation sites excluding steroid dienone is 2. The molecular formula is C18H19NO2. The molecule has 0 amide bonds. The van der Waals surface area contributed by atoms with Gasteiger partial charge < -0.3 is 10.1 Å². The maximum atomic E-state index is 12.1. The molecule has 0 saturated carbocycles. The summed E-state index contributed by atoms with van der Waals surface area (Å²) in [6.07, 6.45) is 1.62. The summed E-state index contributed by atoms with van der Waals surface area (Å²) in [4.78, 5) is 12.1. The van der Waals surface area contributed by atoms with Crippen LogP contribution in [0.15, 0.2) is 66.4 Å². The number of ketones is 1. The van der Waals surface area contributed by atoms with Gasteiger partial charge in [0.15, 0.2) is 5.78 Å². The Morgan fingerprint density at radius 2 is 1.76 bits per heavy atom. The Kier molecular flexibility index (Phi) is 5.16. The lowest BCUT2D eigenvalue weighted by Gasteiger charge is -2.06. The number of benzene rings is 2. The van der Waals surface area contributed by atoms with Crippen molar-refractivity contribution < 1.29 is 9.53 Å². The number of ether oxygens (including phenoxy) is 1. The maximum Gasteiger partial charge on any atom is 0.187 e. The van der Waals surface area contributed by atoms with E-state index in [9.17, 15) is 4.79 Å². The zero-order valence-corrected chi connectivity index (χ0v) is 12.3. The average Bonchev–Trinajstić information content (AvgIpc) is 2.54. The van der Waals surface area contributed by atoms with Crippen LogP contribution in [0.4, 0.5) is 0 Å². The number of hydrogen-bond donors (Lipinski definition) is 1. The van der Waals surface area contributed by atoms with Crippen LogP contribution in [0.25, 0.3) is 0 Å². The van der Waals surface area contributed by atoms with E-state index in [2.05, 4.69) is 5.32 Å². The summed E-state index contributed by atoms with van der Waals surface area (Å²) in [5.74, 6) is 0.727. The van der Waals surface area contributed by atoms with E-state index >= 15 is 0 Å².